The van der Waals surface area contributed by atoms with E-state index in [1.165, 1.54) is 0 Å². The van der Waals surface area contributed by atoms with Gasteiger partial charge in [-0.2, -0.15) is 0 Å². The van der Waals surface area contributed by atoms with E-state index in [4.69, 9.17) is 5.73 Å². The van der Waals surface area contributed by atoms with E-state index in [2.05, 4.69) is 17.0 Å². The van der Waals surface area contributed by atoms with E-state index in [-0.39, 0.29) is 11.9 Å². The number of rotatable bonds is 6. The summed E-state index contributed by atoms with van der Waals surface area (Å²) in [6.07, 6.45) is 4.83. The highest BCUT2D eigenvalue weighted by atomic mass is 16.2. The minimum absolute atomic E-state index is 0.122. The molecule has 0 bridgehead atoms. The third kappa shape index (κ3) is 3.94. The molecule has 0 aromatic heterocycles. The molecule has 4 rings (SSSR count). The van der Waals surface area contributed by atoms with Crippen molar-refractivity contribution in [3.63, 3.8) is 0 Å². The molecule has 0 spiro atoms. The Kier molecular flexibility index (Phi) is 5.44. The van der Waals surface area contributed by atoms with Gasteiger partial charge in [0.05, 0.1) is 0 Å². The highest BCUT2D eigenvalue weighted by molar-refractivity contribution is 5.95. The SMILES string of the molecule is NCc1ccc(-c2ccc(C(=O)N(C3CC3)C3CCN(C=O)CC3)cc2)cc1. The van der Waals surface area contributed by atoms with Crippen LogP contribution in [0.15, 0.2) is 48.5 Å². The molecule has 0 radical (unpaired) electrons. The molecule has 0 atom stereocenters. The number of amides is 2. The van der Waals surface area contributed by atoms with Crippen LogP contribution in [0.3, 0.4) is 0 Å². The van der Waals surface area contributed by atoms with Crippen LogP contribution in [0.1, 0.15) is 41.6 Å². The van der Waals surface area contributed by atoms with Gasteiger partial charge < -0.3 is 15.5 Å². The molecule has 2 amide bonds. The van der Waals surface area contributed by atoms with Crippen molar-refractivity contribution >= 4 is 12.3 Å². The average molecular weight is 377 g/mol. The lowest BCUT2D eigenvalue weighted by atomic mass is 10.00. The maximum absolute atomic E-state index is 13.2. The number of nitrogens with zero attached hydrogens (tertiary/aromatic N) is 2. The Labute approximate surface area is 166 Å². The molecule has 0 unspecified atom stereocenters. The monoisotopic (exact) mass is 377 g/mol. The second-order valence-electron chi connectivity index (χ2n) is 7.79. The van der Waals surface area contributed by atoms with E-state index in [0.717, 1.165) is 67.4 Å². The van der Waals surface area contributed by atoms with Gasteiger partial charge in [-0.3, -0.25) is 9.59 Å². The van der Waals surface area contributed by atoms with Crippen LogP contribution in [0.4, 0.5) is 0 Å². The van der Waals surface area contributed by atoms with Crippen molar-refractivity contribution in [2.24, 2.45) is 5.73 Å². The number of carbonyl (C=O) groups excluding carboxylic acids is 2. The lowest BCUT2D eigenvalue weighted by Gasteiger charge is -2.37. The van der Waals surface area contributed by atoms with Crippen molar-refractivity contribution in [1.29, 1.82) is 0 Å². The predicted molar refractivity (Wildman–Crippen MR) is 110 cm³/mol. The number of piperidine rings is 1. The highest BCUT2D eigenvalue weighted by Gasteiger charge is 2.38. The Balaban J connectivity index is 1.49. The molecule has 5 nitrogen and oxygen atoms in total. The van der Waals surface area contributed by atoms with Crippen molar-refractivity contribution in [2.75, 3.05) is 13.1 Å². The number of likely N-dealkylation sites (tertiary alicyclic amines) is 1. The molecule has 1 saturated carbocycles. The zero-order chi connectivity index (χ0) is 19.5. The largest absolute Gasteiger partial charge is 0.345 e. The molecular formula is C23H27N3O2. The first-order valence-corrected chi connectivity index (χ1v) is 10.1. The van der Waals surface area contributed by atoms with Gasteiger partial charge in [0.25, 0.3) is 5.91 Å². The zero-order valence-corrected chi connectivity index (χ0v) is 16.1. The number of hydrogen-bond acceptors (Lipinski definition) is 3. The van der Waals surface area contributed by atoms with Crippen LogP contribution in [-0.2, 0) is 11.3 Å². The first kappa shape index (κ1) is 18.7. The fraction of sp³-hybridized carbons (Fsp3) is 0.391. The molecule has 5 heteroatoms. The fourth-order valence-corrected chi connectivity index (χ4v) is 4.04. The summed E-state index contributed by atoms with van der Waals surface area (Å²) in [7, 11) is 0. The summed E-state index contributed by atoms with van der Waals surface area (Å²) in [5.41, 5.74) is 9.73. The van der Waals surface area contributed by atoms with Crippen LogP contribution in [-0.4, -0.2) is 47.3 Å². The second kappa shape index (κ2) is 8.15. The third-order valence-corrected chi connectivity index (χ3v) is 5.87. The van der Waals surface area contributed by atoms with Gasteiger partial charge in [-0.05, 0) is 54.5 Å². The van der Waals surface area contributed by atoms with E-state index in [1.54, 1.807) is 4.90 Å². The summed E-state index contributed by atoms with van der Waals surface area (Å²) in [6, 6.07) is 16.7. The zero-order valence-electron chi connectivity index (χ0n) is 16.1. The van der Waals surface area contributed by atoms with Crippen molar-refractivity contribution in [2.45, 2.75) is 44.3 Å². The average Bonchev–Trinajstić information content (AvgIpc) is 3.59. The normalized spacial score (nSPS) is 17.4. The van der Waals surface area contributed by atoms with E-state index in [9.17, 15) is 9.59 Å². The van der Waals surface area contributed by atoms with E-state index in [1.807, 2.05) is 36.4 Å². The molecule has 1 aliphatic heterocycles. The fourth-order valence-electron chi connectivity index (χ4n) is 4.04. The molecule has 28 heavy (non-hydrogen) atoms. The second-order valence-corrected chi connectivity index (χ2v) is 7.79. The third-order valence-electron chi connectivity index (χ3n) is 5.87. The molecule has 1 heterocycles. The Bertz CT molecular complexity index is 820. The number of nitrogens with two attached hydrogens (primary N) is 1. The Morgan fingerprint density at radius 1 is 0.929 bits per heavy atom. The van der Waals surface area contributed by atoms with Gasteiger partial charge in [-0.25, -0.2) is 0 Å². The molecule has 1 aliphatic carbocycles. The van der Waals surface area contributed by atoms with E-state index >= 15 is 0 Å². The van der Waals surface area contributed by atoms with Crippen LogP contribution in [0.25, 0.3) is 11.1 Å². The molecule has 2 aromatic rings. The summed E-state index contributed by atoms with van der Waals surface area (Å²) in [6.45, 7) is 2.02. The van der Waals surface area contributed by atoms with Gasteiger partial charge in [-0.1, -0.05) is 36.4 Å². The van der Waals surface area contributed by atoms with Gasteiger partial charge >= 0.3 is 0 Å². The van der Waals surface area contributed by atoms with Crippen LogP contribution in [0, 0.1) is 0 Å². The summed E-state index contributed by atoms with van der Waals surface area (Å²) in [5, 5.41) is 0. The maximum Gasteiger partial charge on any atom is 0.254 e. The van der Waals surface area contributed by atoms with Gasteiger partial charge in [0, 0.05) is 37.3 Å². The molecule has 146 valence electrons. The first-order valence-electron chi connectivity index (χ1n) is 10.1. The van der Waals surface area contributed by atoms with Crippen molar-refractivity contribution in [3.05, 3.63) is 59.7 Å². The van der Waals surface area contributed by atoms with E-state index < -0.39 is 0 Å². The molecule has 2 aromatic carbocycles. The van der Waals surface area contributed by atoms with Gasteiger partial charge in [0.15, 0.2) is 0 Å². The Morgan fingerprint density at radius 2 is 1.46 bits per heavy atom. The highest BCUT2D eigenvalue weighted by Crippen LogP contribution is 2.33. The van der Waals surface area contributed by atoms with E-state index in [0.29, 0.717) is 12.6 Å². The lowest BCUT2D eigenvalue weighted by molar-refractivity contribution is -0.119. The van der Waals surface area contributed by atoms with Crippen molar-refractivity contribution < 1.29 is 9.59 Å². The van der Waals surface area contributed by atoms with Gasteiger partial charge in [0.2, 0.25) is 6.41 Å². The van der Waals surface area contributed by atoms with Crippen LogP contribution >= 0.6 is 0 Å². The summed E-state index contributed by atoms with van der Waals surface area (Å²) < 4.78 is 0. The van der Waals surface area contributed by atoms with Crippen LogP contribution in [0.2, 0.25) is 0 Å². The minimum Gasteiger partial charge on any atom is -0.345 e. The molecule has 1 saturated heterocycles. The maximum atomic E-state index is 13.2. The van der Waals surface area contributed by atoms with Gasteiger partial charge in [-0.15, -0.1) is 0 Å². The molecule has 2 fully saturated rings. The standard InChI is InChI=1S/C23H27N3O2/c24-15-17-1-3-18(4-2-17)19-5-7-20(8-6-19)23(28)26(21-9-10-21)22-11-13-25(16-27)14-12-22/h1-8,16,21-22H,9-15,24H2. The van der Waals surface area contributed by atoms with Gasteiger partial charge in [0.1, 0.15) is 0 Å². The lowest BCUT2D eigenvalue weighted by Crippen LogP contribution is -2.48. The van der Waals surface area contributed by atoms with Crippen LogP contribution < -0.4 is 5.73 Å². The number of carbonyl (C=O) groups is 2. The summed E-state index contributed by atoms with van der Waals surface area (Å²) >= 11 is 0. The first-order chi connectivity index (χ1) is 13.7. The Morgan fingerprint density at radius 3 is 1.96 bits per heavy atom. The quantitative estimate of drug-likeness (QED) is 0.787. The van der Waals surface area contributed by atoms with Crippen molar-refractivity contribution in [3.8, 4) is 11.1 Å². The predicted octanol–water partition coefficient (Wildman–Crippen LogP) is 3.04. The number of hydrogen-bond donors (Lipinski definition) is 1. The summed E-state index contributed by atoms with van der Waals surface area (Å²) in [5.74, 6) is 0.122. The van der Waals surface area contributed by atoms with Crippen molar-refractivity contribution in [1.82, 2.24) is 9.80 Å². The summed E-state index contributed by atoms with van der Waals surface area (Å²) in [4.78, 5) is 28.1. The Hall–Kier alpha value is -2.66. The molecule has 2 aliphatic rings. The smallest absolute Gasteiger partial charge is 0.254 e. The molecule has 2 N–H and O–H groups in total. The van der Waals surface area contributed by atoms with Crippen LogP contribution in [0.5, 0.6) is 0 Å². The molecular weight excluding hydrogens is 350 g/mol. The topological polar surface area (TPSA) is 66.6 Å². The number of benzene rings is 2. The minimum atomic E-state index is 0.122.